The van der Waals surface area contributed by atoms with E-state index < -0.39 is 15.8 Å². The van der Waals surface area contributed by atoms with Crippen LogP contribution in [0.1, 0.15) is 18.5 Å². The fourth-order valence-corrected chi connectivity index (χ4v) is 3.03. The Kier molecular flexibility index (Phi) is 4.51. The summed E-state index contributed by atoms with van der Waals surface area (Å²) in [5, 5.41) is 0.235. The van der Waals surface area contributed by atoms with Gasteiger partial charge in [-0.25, -0.2) is 12.8 Å². The first-order chi connectivity index (χ1) is 9.79. The van der Waals surface area contributed by atoms with Crippen molar-refractivity contribution in [2.45, 2.75) is 17.9 Å². The van der Waals surface area contributed by atoms with Gasteiger partial charge in [-0.1, -0.05) is 23.7 Å². The van der Waals surface area contributed by atoms with Crippen LogP contribution >= 0.6 is 11.6 Å². The molecule has 4 nitrogen and oxygen atoms in total. The highest BCUT2D eigenvalue weighted by Crippen LogP contribution is 2.24. The van der Waals surface area contributed by atoms with Gasteiger partial charge in [0, 0.05) is 11.1 Å². The molecule has 0 aromatic heterocycles. The molecule has 0 saturated carbocycles. The lowest BCUT2D eigenvalue weighted by Crippen LogP contribution is -2.15. The minimum Gasteiger partial charge on any atom is -0.324 e. The van der Waals surface area contributed by atoms with Crippen molar-refractivity contribution in [3.63, 3.8) is 0 Å². The van der Waals surface area contributed by atoms with Crippen LogP contribution in [-0.4, -0.2) is 8.42 Å². The van der Waals surface area contributed by atoms with E-state index in [4.69, 9.17) is 17.3 Å². The Morgan fingerprint density at radius 2 is 1.95 bits per heavy atom. The zero-order chi connectivity index (χ0) is 15.6. The molecule has 0 saturated heterocycles. The smallest absolute Gasteiger partial charge is 0.261 e. The molecular weight excluding hydrogens is 315 g/mol. The third-order valence-corrected chi connectivity index (χ3v) is 4.47. The fourth-order valence-electron chi connectivity index (χ4n) is 1.74. The SMILES string of the molecule is CC(N)c1cccc(S(=O)(=O)Nc2cc(Cl)ccc2F)c1. The van der Waals surface area contributed by atoms with Gasteiger partial charge in [0.15, 0.2) is 0 Å². The van der Waals surface area contributed by atoms with Crippen LogP contribution in [0.15, 0.2) is 47.4 Å². The van der Waals surface area contributed by atoms with E-state index >= 15 is 0 Å². The second-order valence-electron chi connectivity index (χ2n) is 4.59. The molecule has 0 radical (unpaired) electrons. The molecule has 0 amide bonds. The number of rotatable bonds is 4. The number of halogens is 2. The summed E-state index contributed by atoms with van der Waals surface area (Å²) in [4.78, 5) is 0.0108. The third kappa shape index (κ3) is 3.72. The molecule has 1 atom stereocenters. The van der Waals surface area contributed by atoms with Gasteiger partial charge in [0.2, 0.25) is 0 Å². The van der Waals surface area contributed by atoms with Crippen LogP contribution in [0.4, 0.5) is 10.1 Å². The van der Waals surface area contributed by atoms with Crippen molar-refractivity contribution >= 4 is 27.3 Å². The zero-order valence-electron chi connectivity index (χ0n) is 11.2. The van der Waals surface area contributed by atoms with Crippen molar-refractivity contribution in [1.82, 2.24) is 0 Å². The zero-order valence-corrected chi connectivity index (χ0v) is 12.7. The minimum absolute atomic E-state index is 0.0108. The highest BCUT2D eigenvalue weighted by molar-refractivity contribution is 7.92. The van der Waals surface area contributed by atoms with E-state index in [1.165, 1.54) is 24.3 Å². The normalized spacial score (nSPS) is 13.0. The minimum atomic E-state index is -3.91. The third-order valence-electron chi connectivity index (χ3n) is 2.87. The predicted molar refractivity (Wildman–Crippen MR) is 81.3 cm³/mol. The first-order valence-corrected chi connectivity index (χ1v) is 7.99. The van der Waals surface area contributed by atoms with Crippen LogP contribution in [0.5, 0.6) is 0 Å². The largest absolute Gasteiger partial charge is 0.324 e. The van der Waals surface area contributed by atoms with Gasteiger partial charge in [-0.2, -0.15) is 0 Å². The van der Waals surface area contributed by atoms with Gasteiger partial charge in [0.05, 0.1) is 10.6 Å². The second kappa shape index (κ2) is 6.01. The van der Waals surface area contributed by atoms with Gasteiger partial charge in [-0.05, 0) is 42.8 Å². The van der Waals surface area contributed by atoms with Crippen LogP contribution in [-0.2, 0) is 10.0 Å². The van der Waals surface area contributed by atoms with Gasteiger partial charge < -0.3 is 5.73 Å². The van der Waals surface area contributed by atoms with Crippen molar-refractivity contribution in [2.24, 2.45) is 5.73 Å². The van der Waals surface area contributed by atoms with Gasteiger partial charge in [-0.3, -0.25) is 4.72 Å². The summed E-state index contributed by atoms with van der Waals surface area (Å²) in [5.41, 5.74) is 6.20. The number of hydrogen-bond acceptors (Lipinski definition) is 3. The van der Waals surface area contributed by atoms with Crippen molar-refractivity contribution in [3.05, 3.63) is 58.9 Å². The van der Waals surface area contributed by atoms with Gasteiger partial charge in [0.1, 0.15) is 5.82 Å². The molecule has 0 aliphatic carbocycles. The van der Waals surface area contributed by atoms with E-state index in [9.17, 15) is 12.8 Å². The Bertz CT molecular complexity index is 763. The fraction of sp³-hybridized carbons (Fsp3) is 0.143. The van der Waals surface area contributed by atoms with Gasteiger partial charge in [-0.15, -0.1) is 0 Å². The van der Waals surface area contributed by atoms with Crippen molar-refractivity contribution in [1.29, 1.82) is 0 Å². The van der Waals surface area contributed by atoms with Crippen LogP contribution < -0.4 is 10.5 Å². The Labute approximate surface area is 127 Å². The molecule has 2 rings (SSSR count). The molecule has 2 aromatic rings. The maximum absolute atomic E-state index is 13.6. The van der Waals surface area contributed by atoms with Gasteiger partial charge in [0.25, 0.3) is 10.0 Å². The van der Waals surface area contributed by atoms with E-state index in [0.29, 0.717) is 5.56 Å². The van der Waals surface area contributed by atoms with E-state index in [0.717, 1.165) is 6.07 Å². The quantitative estimate of drug-likeness (QED) is 0.904. The first-order valence-electron chi connectivity index (χ1n) is 6.13. The lowest BCUT2D eigenvalue weighted by Gasteiger charge is -2.11. The second-order valence-corrected chi connectivity index (χ2v) is 6.71. The highest BCUT2D eigenvalue weighted by Gasteiger charge is 2.17. The van der Waals surface area contributed by atoms with Crippen molar-refractivity contribution in [2.75, 3.05) is 4.72 Å². The first kappa shape index (κ1) is 15.8. The van der Waals surface area contributed by atoms with E-state index in [1.807, 2.05) is 0 Å². The van der Waals surface area contributed by atoms with Crippen LogP contribution in [0.25, 0.3) is 0 Å². The molecule has 1 unspecified atom stereocenters. The molecule has 2 aromatic carbocycles. The Morgan fingerprint density at radius 1 is 1.24 bits per heavy atom. The summed E-state index contributed by atoms with van der Waals surface area (Å²) in [5.74, 6) is -0.702. The van der Waals surface area contributed by atoms with E-state index in [1.54, 1.807) is 19.1 Å². The Balaban J connectivity index is 2.38. The van der Waals surface area contributed by atoms with E-state index in [2.05, 4.69) is 4.72 Å². The molecule has 0 fully saturated rings. The molecule has 7 heteroatoms. The monoisotopic (exact) mass is 328 g/mol. The molecular formula is C14H14ClFN2O2S. The molecule has 3 N–H and O–H groups in total. The number of anilines is 1. The Morgan fingerprint density at radius 3 is 2.62 bits per heavy atom. The summed E-state index contributed by atoms with van der Waals surface area (Å²) >= 11 is 5.74. The average Bonchev–Trinajstić information content (AvgIpc) is 2.43. The van der Waals surface area contributed by atoms with Gasteiger partial charge >= 0.3 is 0 Å². The van der Waals surface area contributed by atoms with Crippen LogP contribution in [0, 0.1) is 5.82 Å². The molecule has 0 aliphatic heterocycles. The predicted octanol–water partition coefficient (Wildman–Crippen LogP) is 3.30. The van der Waals surface area contributed by atoms with E-state index in [-0.39, 0.29) is 21.6 Å². The number of nitrogens with two attached hydrogens (primary N) is 1. The standard InChI is InChI=1S/C14H14ClFN2O2S/c1-9(17)10-3-2-4-12(7-10)21(19,20)18-14-8-11(15)5-6-13(14)16/h2-9,18H,17H2,1H3. The number of nitrogens with one attached hydrogen (secondary N) is 1. The highest BCUT2D eigenvalue weighted by atomic mass is 35.5. The molecule has 0 spiro atoms. The summed E-state index contributed by atoms with van der Waals surface area (Å²) in [6, 6.07) is 9.52. The molecule has 21 heavy (non-hydrogen) atoms. The summed E-state index contributed by atoms with van der Waals surface area (Å²) in [7, 11) is -3.91. The maximum atomic E-state index is 13.6. The molecule has 112 valence electrons. The summed E-state index contributed by atoms with van der Waals surface area (Å²) in [6.07, 6.45) is 0. The van der Waals surface area contributed by atoms with Crippen molar-refractivity contribution in [3.8, 4) is 0 Å². The van der Waals surface area contributed by atoms with Crippen LogP contribution in [0.3, 0.4) is 0 Å². The summed E-state index contributed by atoms with van der Waals surface area (Å²) < 4.78 is 40.4. The van der Waals surface area contributed by atoms with Crippen LogP contribution in [0.2, 0.25) is 5.02 Å². The summed E-state index contributed by atoms with van der Waals surface area (Å²) in [6.45, 7) is 1.75. The topological polar surface area (TPSA) is 72.2 Å². The number of benzene rings is 2. The molecule has 0 bridgehead atoms. The molecule has 0 aliphatic rings. The Hall–Kier alpha value is -1.63. The van der Waals surface area contributed by atoms with Crippen molar-refractivity contribution < 1.29 is 12.8 Å². The lowest BCUT2D eigenvalue weighted by molar-refractivity contribution is 0.598. The number of hydrogen-bond donors (Lipinski definition) is 2. The lowest BCUT2D eigenvalue weighted by atomic mass is 10.1. The molecule has 0 heterocycles. The average molecular weight is 329 g/mol. The maximum Gasteiger partial charge on any atom is 0.261 e. The number of sulfonamides is 1.